The number of para-hydroxylation sites is 1. The highest BCUT2D eigenvalue weighted by molar-refractivity contribution is 5.92. The number of nitro benzene ring substituents is 1. The zero-order chi connectivity index (χ0) is 20.6. The average Bonchev–Trinajstić information content (AvgIpc) is 2.71. The lowest BCUT2D eigenvalue weighted by Gasteiger charge is -2.34. The molecule has 1 heterocycles. The molecule has 0 bridgehead atoms. The van der Waals surface area contributed by atoms with Crippen LogP contribution in [0.5, 0.6) is 5.75 Å². The molecule has 1 saturated heterocycles. The highest BCUT2D eigenvalue weighted by Gasteiger charge is 2.19. The third-order valence-corrected chi connectivity index (χ3v) is 4.94. The topological polar surface area (TPSA) is 88.0 Å². The fourth-order valence-corrected chi connectivity index (χ4v) is 3.27. The molecule has 0 unspecified atom stereocenters. The summed E-state index contributed by atoms with van der Waals surface area (Å²) in [7, 11) is 0. The Morgan fingerprint density at radius 1 is 1.10 bits per heavy atom. The molecule has 1 aliphatic rings. The van der Waals surface area contributed by atoms with Crippen LogP contribution < -0.4 is 10.1 Å². The molecule has 8 nitrogen and oxygen atoms in total. The lowest BCUT2D eigenvalue weighted by atomic mass is 10.2. The Morgan fingerprint density at radius 2 is 1.79 bits per heavy atom. The molecule has 29 heavy (non-hydrogen) atoms. The van der Waals surface area contributed by atoms with Gasteiger partial charge in [-0.25, -0.2) is 0 Å². The van der Waals surface area contributed by atoms with E-state index in [2.05, 4.69) is 15.1 Å². The predicted molar refractivity (Wildman–Crippen MR) is 111 cm³/mol. The van der Waals surface area contributed by atoms with Gasteiger partial charge in [0, 0.05) is 50.0 Å². The zero-order valence-corrected chi connectivity index (χ0v) is 16.5. The van der Waals surface area contributed by atoms with Crippen molar-refractivity contribution in [2.45, 2.75) is 6.92 Å². The van der Waals surface area contributed by atoms with Crippen LogP contribution in [0, 0.1) is 17.0 Å². The van der Waals surface area contributed by atoms with Gasteiger partial charge >= 0.3 is 0 Å². The number of hydrogen-bond donors (Lipinski definition) is 1. The molecule has 0 saturated carbocycles. The van der Waals surface area contributed by atoms with E-state index in [-0.39, 0.29) is 18.1 Å². The lowest BCUT2D eigenvalue weighted by Crippen LogP contribution is -2.49. The second kappa shape index (κ2) is 9.99. The number of rotatable bonds is 8. The molecule has 1 aliphatic heterocycles. The molecule has 1 N–H and O–H groups in total. The second-order valence-corrected chi connectivity index (χ2v) is 7.09. The van der Waals surface area contributed by atoms with Crippen molar-refractivity contribution in [2.24, 2.45) is 0 Å². The van der Waals surface area contributed by atoms with Gasteiger partial charge in [0.2, 0.25) is 5.91 Å². The monoisotopic (exact) mass is 398 g/mol. The number of amides is 1. The first-order chi connectivity index (χ1) is 14.0. The molecular formula is C21H26N4O4. The quantitative estimate of drug-likeness (QED) is 0.543. The Kier molecular flexibility index (Phi) is 7.15. The molecule has 8 heteroatoms. The van der Waals surface area contributed by atoms with Crippen molar-refractivity contribution in [2.75, 3.05) is 51.2 Å². The smallest absolute Gasteiger partial charge is 0.274 e. The summed E-state index contributed by atoms with van der Waals surface area (Å²) in [5.74, 6) is 0.711. The Morgan fingerprint density at radius 3 is 2.48 bits per heavy atom. The second-order valence-electron chi connectivity index (χ2n) is 7.09. The van der Waals surface area contributed by atoms with Crippen LogP contribution in [0.1, 0.15) is 5.56 Å². The van der Waals surface area contributed by atoms with E-state index in [1.165, 1.54) is 6.07 Å². The molecular weight excluding hydrogens is 372 g/mol. The van der Waals surface area contributed by atoms with Crippen LogP contribution in [0.3, 0.4) is 0 Å². The van der Waals surface area contributed by atoms with E-state index in [0.29, 0.717) is 17.9 Å². The van der Waals surface area contributed by atoms with Gasteiger partial charge in [-0.2, -0.15) is 0 Å². The summed E-state index contributed by atoms with van der Waals surface area (Å²) in [6.45, 7) is 6.78. The van der Waals surface area contributed by atoms with Gasteiger partial charge in [-0.15, -0.1) is 0 Å². The molecule has 0 aliphatic carbocycles. The highest BCUT2D eigenvalue weighted by Crippen LogP contribution is 2.22. The highest BCUT2D eigenvalue weighted by atomic mass is 16.6. The van der Waals surface area contributed by atoms with Crippen molar-refractivity contribution in [3.8, 4) is 5.75 Å². The van der Waals surface area contributed by atoms with Crippen LogP contribution in [-0.2, 0) is 4.79 Å². The van der Waals surface area contributed by atoms with Crippen LogP contribution in [0.4, 0.5) is 11.4 Å². The lowest BCUT2D eigenvalue weighted by molar-refractivity contribution is -0.385. The molecule has 154 valence electrons. The van der Waals surface area contributed by atoms with Crippen LogP contribution in [0.2, 0.25) is 0 Å². The van der Waals surface area contributed by atoms with E-state index in [1.807, 2.05) is 30.3 Å². The summed E-state index contributed by atoms with van der Waals surface area (Å²) in [5, 5.41) is 13.8. The maximum absolute atomic E-state index is 12.3. The van der Waals surface area contributed by atoms with E-state index in [4.69, 9.17) is 4.74 Å². The largest absolute Gasteiger partial charge is 0.492 e. The number of ether oxygens (including phenoxy) is 1. The van der Waals surface area contributed by atoms with Crippen LogP contribution in [0.25, 0.3) is 0 Å². The summed E-state index contributed by atoms with van der Waals surface area (Å²) in [6, 6.07) is 14.5. The van der Waals surface area contributed by atoms with Crippen molar-refractivity contribution in [1.82, 2.24) is 9.80 Å². The van der Waals surface area contributed by atoms with Crippen molar-refractivity contribution in [1.29, 1.82) is 0 Å². The number of aryl methyl sites for hydroxylation is 1. The van der Waals surface area contributed by atoms with Gasteiger partial charge in [0.1, 0.15) is 12.4 Å². The van der Waals surface area contributed by atoms with Gasteiger partial charge in [0.05, 0.1) is 11.5 Å². The Labute approximate surface area is 170 Å². The van der Waals surface area contributed by atoms with Crippen molar-refractivity contribution >= 4 is 17.3 Å². The Bertz CT molecular complexity index is 836. The van der Waals surface area contributed by atoms with Gasteiger partial charge in [0.25, 0.3) is 5.69 Å². The first-order valence-electron chi connectivity index (χ1n) is 9.69. The Hall–Kier alpha value is -2.97. The molecule has 1 fully saturated rings. The summed E-state index contributed by atoms with van der Waals surface area (Å²) in [4.78, 5) is 27.3. The minimum atomic E-state index is -0.439. The summed E-state index contributed by atoms with van der Waals surface area (Å²) in [5.41, 5.74) is 1.03. The summed E-state index contributed by atoms with van der Waals surface area (Å²) in [6.07, 6.45) is 0. The van der Waals surface area contributed by atoms with Gasteiger partial charge < -0.3 is 10.1 Å². The molecule has 0 atom stereocenters. The van der Waals surface area contributed by atoms with Gasteiger partial charge in [0.15, 0.2) is 0 Å². The molecule has 2 aromatic carbocycles. The summed E-state index contributed by atoms with van der Waals surface area (Å²) < 4.78 is 5.73. The number of benzene rings is 2. The van der Waals surface area contributed by atoms with E-state index in [9.17, 15) is 14.9 Å². The number of carbonyl (C=O) groups excluding carboxylic acids is 1. The average molecular weight is 398 g/mol. The fraction of sp³-hybridized carbons (Fsp3) is 0.381. The molecule has 3 rings (SSSR count). The Balaban J connectivity index is 1.38. The first-order valence-corrected chi connectivity index (χ1v) is 9.69. The summed E-state index contributed by atoms with van der Waals surface area (Å²) >= 11 is 0. The van der Waals surface area contributed by atoms with Gasteiger partial charge in [-0.1, -0.05) is 24.3 Å². The maximum atomic E-state index is 12.3. The normalized spacial score (nSPS) is 15.1. The van der Waals surface area contributed by atoms with Crippen LogP contribution in [-0.4, -0.2) is 66.5 Å². The van der Waals surface area contributed by atoms with Crippen molar-refractivity contribution < 1.29 is 14.5 Å². The number of carbonyl (C=O) groups is 1. The van der Waals surface area contributed by atoms with E-state index >= 15 is 0 Å². The molecule has 0 aromatic heterocycles. The molecule has 1 amide bonds. The zero-order valence-electron chi connectivity index (χ0n) is 16.5. The van der Waals surface area contributed by atoms with Crippen LogP contribution >= 0.6 is 0 Å². The third kappa shape index (κ3) is 6.27. The predicted octanol–water partition coefficient (Wildman–Crippen LogP) is 2.54. The van der Waals surface area contributed by atoms with Gasteiger partial charge in [-0.3, -0.25) is 24.7 Å². The van der Waals surface area contributed by atoms with E-state index < -0.39 is 4.92 Å². The van der Waals surface area contributed by atoms with Gasteiger partial charge in [-0.05, 0) is 25.1 Å². The SMILES string of the molecule is Cc1ccc(NC(=O)CN2CCN(CCOc3ccccc3)CC2)cc1[N+](=O)[O-]. The van der Waals surface area contributed by atoms with Crippen molar-refractivity contribution in [3.05, 3.63) is 64.2 Å². The minimum absolute atomic E-state index is 0.00846. The number of anilines is 1. The maximum Gasteiger partial charge on any atom is 0.274 e. The number of hydrogen-bond acceptors (Lipinski definition) is 6. The van der Waals surface area contributed by atoms with E-state index in [1.54, 1.807) is 19.1 Å². The fourth-order valence-electron chi connectivity index (χ4n) is 3.27. The first kappa shape index (κ1) is 20.8. The number of nitrogens with one attached hydrogen (secondary N) is 1. The number of nitro groups is 1. The minimum Gasteiger partial charge on any atom is -0.492 e. The number of nitrogens with zero attached hydrogens (tertiary/aromatic N) is 3. The molecule has 2 aromatic rings. The van der Waals surface area contributed by atoms with Crippen molar-refractivity contribution in [3.63, 3.8) is 0 Å². The van der Waals surface area contributed by atoms with Crippen LogP contribution in [0.15, 0.2) is 48.5 Å². The van der Waals surface area contributed by atoms with E-state index in [0.717, 1.165) is 38.5 Å². The standard InChI is InChI=1S/C21H26N4O4/c1-17-7-8-18(15-20(17)25(27)28)22-21(26)16-24-11-9-23(10-12-24)13-14-29-19-5-3-2-4-6-19/h2-8,15H,9-14,16H2,1H3,(H,22,26). The molecule has 0 radical (unpaired) electrons. The number of piperazine rings is 1. The third-order valence-electron chi connectivity index (χ3n) is 4.94. The molecule has 0 spiro atoms.